The fourth-order valence-electron chi connectivity index (χ4n) is 3.86. The molecule has 0 atom stereocenters. The van der Waals surface area contributed by atoms with Gasteiger partial charge >= 0.3 is 0 Å². The Labute approximate surface area is 201 Å². The molecule has 4 nitrogen and oxygen atoms in total. The number of benzene rings is 3. The fourth-order valence-corrected chi connectivity index (χ4v) is 4.03. The number of halogens is 4. The van der Waals surface area contributed by atoms with Gasteiger partial charge < -0.3 is 10.1 Å². The zero-order valence-electron chi connectivity index (χ0n) is 18.4. The molecule has 34 heavy (non-hydrogen) atoms. The van der Waals surface area contributed by atoms with E-state index in [0.29, 0.717) is 5.69 Å². The highest BCUT2D eigenvalue weighted by atomic mass is 35.5. The molecule has 4 rings (SSSR count). The Kier molecular flexibility index (Phi) is 7.75. The van der Waals surface area contributed by atoms with E-state index in [4.69, 9.17) is 16.3 Å². The normalized spacial score (nSPS) is 14.1. The summed E-state index contributed by atoms with van der Waals surface area (Å²) in [6.45, 7) is 2.74. The van der Waals surface area contributed by atoms with E-state index in [-0.39, 0.29) is 34.4 Å². The van der Waals surface area contributed by atoms with Crippen LogP contribution in [0.1, 0.15) is 40.7 Å². The van der Waals surface area contributed by atoms with Crippen molar-refractivity contribution in [3.05, 3.63) is 93.8 Å². The van der Waals surface area contributed by atoms with Crippen LogP contribution in [0.2, 0.25) is 5.02 Å². The van der Waals surface area contributed by atoms with Gasteiger partial charge in [-0.2, -0.15) is 0 Å². The van der Waals surface area contributed by atoms with E-state index in [9.17, 15) is 18.0 Å². The molecule has 1 fully saturated rings. The standard InChI is InChI=1S/C26H24ClF3N2O2/c27-21-10-6-18(14-23(21)34-16-19-7-11-22(28)25(30)24(19)29)26(33)31-20-8-4-17(5-9-20)15-32-12-2-1-3-13-32/h4-11,14H,1-3,12-13,15-16H2,(H,31,33). The lowest BCUT2D eigenvalue weighted by Gasteiger charge is -2.26. The summed E-state index contributed by atoms with van der Waals surface area (Å²) in [5.74, 6) is -4.42. The van der Waals surface area contributed by atoms with Crippen molar-refractivity contribution < 1.29 is 22.7 Å². The summed E-state index contributed by atoms with van der Waals surface area (Å²) in [4.78, 5) is 15.1. The maximum atomic E-state index is 13.9. The number of nitrogens with one attached hydrogen (secondary N) is 1. The maximum Gasteiger partial charge on any atom is 0.255 e. The minimum Gasteiger partial charge on any atom is -0.487 e. The van der Waals surface area contributed by atoms with Gasteiger partial charge in [0.05, 0.1) is 5.02 Å². The first-order valence-corrected chi connectivity index (χ1v) is 11.5. The number of nitrogens with zero attached hydrogens (tertiary/aromatic N) is 1. The minimum atomic E-state index is -1.57. The molecule has 0 radical (unpaired) electrons. The van der Waals surface area contributed by atoms with E-state index in [1.165, 1.54) is 43.0 Å². The van der Waals surface area contributed by atoms with Crippen LogP contribution in [0.5, 0.6) is 5.75 Å². The number of piperidine rings is 1. The number of hydrogen-bond donors (Lipinski definition) is 1. The van der Waals surface area contributed by atoms with Gasteiger partial charge in [-0.25, -0.2) is 13.2 Å². The van der Waals surface area contributed by atoms with Crippen LogP contribution in [0.3, 0.4) is 0 Å². The molecular weight excluding hydrogens is 465 g/mol. The van der Waals surface area contributed by atoms with Crippen molar-refractivity contribution >= 4 is 23.2 Å². The van der Waals surface area contributed by atoms with Crippen molar-refractivity contribution in [1.29, 1.82) is 0 Å². The van der Waals surface area contributed by atoms with Crippen LogP contribution in [0, 0.1) is 17.5 Å². The van der Waals surface area contributed by atoms with Gasteiger partial charge in [0.2, 0.25) is 0 Å². The van der Waals surface area contributed by atoms with Gasteiger partial charge in [0, 0.05) is 23.4 Å². The molecule has 0 spiro atoms. The summed E-state index contributed by atoms with van der Waals surface area (Å²) in [6.07, 6.45) is 3.76. The molecule has 0 unspecified atom stereocenters. The van der Waals surface area contributed by atoms with Crippen LogP contribution in [-0.4, -0.2) is 23.9 Å². The van der Waals surface area contributed by atoms with E-state index >= 15 is 0 Å². The summed E-state index contributed by atoms with van der Waals surface area (Å²) in [5.41, 5.74) is 1.94. The second-order valence-electron chi connectivity index (χ2n) is 8.26. The van der Waals surface area contributed by atoms with Crippen molar-refractivity contribution in [2.24, 2.45) is 0 Å². The van der Waals surface area contributed by atoms with Gasteiger partial charge in [-0.05, 0) is 74.0 Å². The molecule has 3 aromatic rings. The number of carbonyl (C=O) groups excluding carboxylic acids is 1. The highest BCUT2D eigenvalue weighted by molar-refractivity contribution is 6.32. The minimum absolute atomic E-state index is 0.121. The monoisotopic (exact) mass is 488 g/mol. The Morgan fingerprint density at radius 3 is 2.41 bits per heavy atom. The second-order valence-corrected chi connectivity index (χ2v) is 8.66. The first kappa shape index (κ1) is 24.1. The summed E-state index contributed by atoms with van der Waals surface area (Å²) in [6, 6.07) is 14.1. The Hall–Kier alpha value is -3.03. The van der Waals surface area contributed by atoms with Crippen LogP contribution in [0.15, 0.2) is 54.6 Å². The predicted octanol–water partition coefficient (Wildman–Crippen LogP) is 6.57. The van der Waals surface area contributed by atoms with E-state index in [0.717, 1.165) is 31.8 Å². The third-order valence-corrected chi connectivity index (χ3v) is 6.07. The van der Waals surface area contributed by atoms with Gasteiger partial charge in [-0.1, -0.05) is 30.2 Å². The Morgan fingerprint density at radius 1 is 0.941 bits per heavy atom. The molecule has 0 aliphatic carbocycles. The zero-order chi connectivity index (χ0) is 24.1. The van der Waals surface area contributed by atoms with Gasteiger partial charge in [-0.15, -0.1) is 0 Å². The molecule has 178 valence electrons. The molecule has 0 bridgehead atoms. The van der Waals surface area contributed by atoms with Crippen LogP contribution < -0.4 is 10.1 Å². The largest absolute Gasteiger partial charge is 0.487 e. The second kappa shape index (κ2) is 10.9. The topological polar surface area (TPSA) is 41.6 Å². The lowest BCUT2D eigenvalue weighted by Crippen LogP contribution is -2.29. The van der Waals surface area contributed by atoms with E-state index in [2.05, 4.69) is 10.2 Å². The summed E-state index contributed by atoms with van der Waals surface area (Å²) in [5, 5.41) is 3.03. The van der Waals surface area contributed by atoms with Crippen LogP contribution >= 0.6 is 11.6 Å². The summed E-state index contributed by atoms with van der Waals surface area (Å²) in [7, 11) is 0. The SMILES string of the molecule is O=C(Nc1ccc(CN2CCCCC2)cc1)c1ccc(Cl)c(OCc2ccc(F)c(F)c2F)c1. The lowest BCUT2D eigenvalue weighted by atomic mass is 10.1. The molecule has 1 amide bonds. The van der Waals surface area contributed by atoms with Crippen LogP contribution in [-0.2, 0) is 13.2 Å². The molecular formula is C26H24ClF3N2O2. The molecule has 1 N–H and O–H groups in total. The highest BCUT2D eigenvalue weighted by Gasteiger charge is 2.16. The average Bonchev–Trinajstić information content (AvgIpc) is 2.85. The smallest absolute Gasteiger partial charge is 0.255 e. The first-order chi connectivity index (χ1) is 16.4. The number of carbonyl (C=O) groups is 1. The van der Waals surface area contributed by atoms with Crippen LogP contribution in [0.4, 0.5) is 18.9 Å². The lowest BCUT2D eigenvalue weighted by molar-refractivity contribution is 0.102. The fraction of sp³-hybridized carbons (Fsp3) is 0.269. The molecule has 1 heterocycles. The van der Waals surface area contributed by atoms with Crippen molar-refractivity contribution in [3.63, 3.8) is 0 Å². The first-order valence-electron chi connectivity index (χ1n) is 11.1. The van der Waals surface area contributed by atoms with Gasteiger partial charge in [0.1, 0.15) is 12.4 Å². The Balaban J connectivity index is 1.39. The summed E-state index contributed by atoms with van der Waals surface area (Å²) < 4.78 is 45.9. The number of anilines is 1. The van der Waals surface area contributed by atoms with Crippen molar-refractivity contribution in [1.82, 2.24) is 4.90 Å². The molecule has 3 aromatic carbocycles. The summed E-state index contributed by atoms with van der Waals surface area (Å²) >= 11 is 6.13. The van der Waals surface area contributed by atoms with Crippen molar-refractivity contribution in [2.45, 2.75) is 32.4 Å². The van der Waals surface area contributed by atoms with E-state index in [1.54, 1.807) is 0 Å². The number of amides is 1. The third-order valence-electron chi connectivity index (χ3n) is 5.76. The van der Waals surface area contributed by atoms with Gasteiger partial charge in [0.15, 0.2) is 17.5 Å². The molecule has 0 saturated carbocycles. The quantitative estimate of drug-likeness (QED) is 0.382. The van der Waals surface area contributed by atoms with Crippen molar-refractivity contribution in [2.75, 3.05) is 18.4 Å². The van der Waals surface area contributed by atoms with Gasteiger partial charge in [0.25, 0.3) is 5.91 Å². The number of rotatable bonds is 7. The average molecular weight is 489 g/mol. The van der Waals surface area contributed by atoms with E-state index < -0.39 is 17.5 Å². The number of likely N-dealkylation sites (tertiary alicyclic amines) is 1. The molecule has 1 aliphatic heterocycles. The molecule has 1 aliphatic rings. The predicted molar refractivity (Wildman–Crippen MR) is 126 cm³/mol. The zero-order valence-corrected chi connectivity index (χ0v) is 19.2. The highest BCUT2D eigenvalue weighted by Crippen LogP contribution is 2.28. The number of hydrogen-bond acceptors (Lipinski definition) is 3. The molecule has 0 aromatic heterocycles. The van der Waals surface area contributed by atoms with Crippen molar-refractivity contribution in [3.8, 4) is 5.75 Å². The third kappa shape index (κ3) is 5.90. The van der Waals surface area contributed by atoms with Gasteiger partial charge in [-0.3, -0.25) is 9.69 Å². The Morgan fingerprint density at radius 2 is 1.68 bits per heavy atom. The molecule has 1 saturated heterocycles. The maximum absolute atomic E-state index is 13.9. The molecule has 8 heteroatoms. The Bertz CT molecular complexity index is 1170. The van der Waals surface area contributed by atoms with E-state index in [1.807, 2.05) is 24.3 Å². The van der Waals surface area contributed by atoms with Crippen LogP contribution in [0.25, 0.3) is 0 Å². The number of ether oxygens (including phenoxy) is 1.